The van der Waals surface area contributed by atoms with E-state index in [2.05, 4.69) is 27.6 Å². The van der Waals surface area contributed by atoms with Crippen molar-refractivity contribution in [2.45, 2.75) is 38.2 Å². The second-order valence-corrected chi connectivity index (χ2v) is 6.34. The van der Waals surface area contributed by atoms with Crippen molar-refractivity contribution in [1.82, 2.24) is 10.2 Å². The number of amides is 1. The molecule has 22 heavy (non-hydrogen) atoms. The van der Waals surface area contributed by atoms with Gasteiger partial charge in [-0.1, -0.05) is 41.7 Å². The Hall–Kier alpha value is -1.79. The summed E-state index contributed by atoms with van der Waals surface area (Å²) in [5.41, 5.74) is 1.26. The van der Waals surface area contributed by atoms with Gasteiger partial charge in [0, 0.05) is 13.0 Å². The highest BCUT2D eigenvalue weighted by molar-refractivity contribution is 7.15. The predicted octanol–water partition coefficient (Wildman–Crippen LogP) is 3.35. The van der Waals surface area contributed by atoms with E-state index in [1.165, 1.54) is 16.9 Å². The van der Waals surface area contributed by atoms with Crippen molar-refractivity contribution in [3.8, 4) is 0 Å². The Morgan fingerprint density at radius 1 is 1.32 bits per heavy atom. The van der Waals surface area contributed by atoms with Crippen molar-refractivity contribution in [3.63, 3.8) is 0 Å². The second kappa shape index (κ2) is 7.47. The number of ether oxygens (including phenoxy) is 1. The number of nitrogens with one attached hydrogen (secondary N) is 1. The minimum atomic E-state index is -0.00836. The molecule has 1 aromatic heterocycles. The molecule has 1 N–H and O–H groups in total. The van der Waals surface area contributed by atoms with E-state index >= 15 is 0 Å². The second-order valence-electron chi connectivity index (χ2n) is 5.33. The quantitative estimate of drug-likeness (QED) is 0.887. The van der Waals surface area contributed by atoms with E-state index in [4.69, 9.17) is 4.74 Å². The highest BCUT2D eigenvalue weighted by Crippen LogP contribution is 2.31. The SMILES string of the molecule is O=C(CCCc1ccccc1)Nc1nnc([C@@H]2CCCO2)s1. The molecule has 2 aromatic rings. The number of anilines is 1. The fourth-order valence-electron chi connectivity index (χ4n) is 2.47. The van der Waals surface area contributed by atoms with Gasteiger partial charge in [-0.15, -0.1) is 10.2 Å². The summed E-state index contributed by atoms with van der Waals surface area (Å²) in [5.74, 6) is -0.00836. The summed E-state index contributed by atoms with van der Waals surface area (Å²) in [6.45, 7) is 0.783. The van der Waals surface area contributed by atoms with Crippen LogP contribution in [0.15, 0.2) is 30.3 Å². The van der Waals surface area contributed by atoms with E-state index in [0.717, 1.165) is 37.3 Å². The van der Waals surface area contributed by atoms with E-state index in [-0.39, 0.29) is 12.0 Å². The fourth-order valence-corrected chi connectivity index (χ4v) is 3.31. The standard InChI is InChI=1S/C16H19N3O2S/c20-14(10-4-8-12-6-2-1-3-7-12)17-16-19-18-15(22-16)13-9-5-11-21-13/h1-3,6-7,13H,4-5,8-11H2,(H,17,19,20)/t13-/m0/s1. The maximum Gasteiger partial charge on any atom is 0.226 e. The first kappa shape index (κ1) is 15.1. The number of aromatic nitrogens is 2. The Kier molecular flexibility index (Phi) is 5.13. The molecule has 1 saturated heterocycles. The van der Waals surface area contributed by atoms with Gasteiger partial charge in [0.15, 0.2) is 0 Å². The molecule has 3 rings (SSSR count). The molecule has 1 fully saturated rings. The monoisotopic (exact) mass is 317 g/mol. The number of rotatable bonds is 6. The summed E-state index contributed by atoms with van der Waals surface area (Å²) in [4.78, 5) is 11.9. The molecule has 1 aliphatic rings. The molecular weight excluding hydrogens is 298 g/mol. The molecule has 0 unspecified atom stereocenters. The Bertz CT molecular complexity index is 609. The molecule has 1 aromatic carbocycles. The van der Waals surface area contributed by atoms with Crippen molar-refractivity contribution < 1.29 is 9.53 Å². The summed E-state index contributed by atoms with van der Waals surface area (Å²) in [6, 6.07) is 10.2. The largest absolute Gasteiger partial charge is 0.371 e. The molecule has 0 spiro atoms. The highest BCUT2D eigenvalue weighted by atomic mass is 32.1. The Labute approximate surface area is 133 Å². The van der Waals surface area contributed by atoms with Crippen LogP contribution in [0.5, 0.6) is 0 Å². The maximum absolute atomic E-state index is 11.9. The first-order chi connectivity index (χ1) is 10.8. The Balaban J connectivity index is 1.43. The van der Waals surface area contributed by atoms with Crippen molar-refractivity contribution in [3.05, 3.63) is 40.9 Å². The van der Waals surface area contributed by atoms with E-state index in [0.29, 0.717) is 11.6 Å². The lowest BCUT2D eigenvalue weighted by molar-refractivity contribution is -0.116. The molecule has 0 aliphatic carbocycles. The molecule has 116 valence electrons. The number of benzene rings is 1. The zero-order valence-corrected chi connectivity index (χ0v) is 13.1. The van der Waals surface area contributed by atoms with Crippen LogP contribution in [0.2, 0.25) is 0 Å². The average Bonchev–Trinajstić information content (AvgIpc) is 3.19. The van der Waals surface area contributed by atoms with Crippen molar-refractivity contribution in [1.29, 1.82) is 0 Å². The summed E-state index contributed by atoms with van der Waals surface area (Å²) >= 11 is 1.41. The number of nitrogens with zero attached hydrogens (tertiary/aromatic N) is 2. The third kappa shape index (κ3) is 4.11. The molecule has 0 saturated carbocycles. The van der Waals surface area contributed by atoms with Gasteiger partial charge in [-0.3, -0.25) is 4.79 Å². The van der Waals surface area contributed by atoms with Crippen LogP contribution in [0, 0.1) is 0 Å². The third-order valence-electron chi connectivity index (χ3n) is 3.60. The molecule has 2 heterocycles. The number of hydrogen-bond acceptors (Lipinski definition) is 5. The highest BCUT2D eigenvalue weighted by Gasteiger charge is 2.22. The summed E-state index contributed by atoms with van der Waals surface area (Å²) < 4.78 is 5.57. The molecule has 0 radical (unpaired) electrons. The van der Waals surface area contributed by atoms with Crippen molar-refractivity contribution in [2.75, 3.05) is 11.9 Å². The van der Waals surface area contributed by atoms with E-state index < -0.39 is 0 Å². The van der Waals surface area contributed by atoms with E-state index in [1.807, 2.05) is 18.2 Å². The van der Waals surface area contributed by atoms with Crippen LogP contribution < -0.4 is 5.32 Å². The Morgan fingerprint density at radius 2 is 2.18 bits per heavy atom. The first-order valence-electron chi connectivity index (χ1n) is 7.60. The van der Waals surface area contributed by atoms with Gasteiger partial charge >= 0.3 is 0 Å². The van der Waals surface area contributed by atoms with Gasteiger partial charge in [0.25, 0.3) is 0 Å². The topological polar surface area (TPSA) is 64.1 Å². The summed E-state index contributed by atoms with van der Waals surface area (Å²) in [6.07, 6.45) is 4.33. The zero-order chi connectivity index (χ0) is 15.2. The minimum Gasteiger partial charge on any atom is -0.371 e. The van der Waals surface area contributed by atoms with Gasteiger partial charge in [0.2, 0.25) is 11.0 Å². The lowest BCUT2D eigenvalue weighted by Gasteiger charge is -2.03. The molecule has 6 heteroatoms. The lowest BCUT2D eigenvalue weighted by Crippen LogP contribution is -2.11. The molecule has 1 atom stereocenters. The smallest absolute Gasteiger partial charge is 0.226 e. The van der Waals surface area contributed by atoms with Crippen LogP contribution in [0.1, 0.15) is 42.4 Å². The zero-order valence-electron chi connectivity index (χ0n) is 12.3. The van der Waals surface area contributed by atoms with Crippen LogP contribution in [-0.4, -0.2) is 22.7 Å². The molecule has 1 amide bonds. The number of hydrogen-bond donors (Lipinski definition) is 1. The van der Waals surface area contributed by atoms with E-state index in [9.17, 15) is 4.79 Å². The first-order valence-corrected chi connectivity index (χ1v) is 8.42. The number of carbonyl (C=O) groups excluding carboxylic acids is 1. The van der Waals surface area contributed by atoms with Gasteiger partial charge < -0.3 is 10.1 Å². The number of carbonyl (C=O) groups is 1. The molecular formula is C16H19N3O2S. The fraction of sp³-hybridized carbons (Fsp3) is 0.438. The van der Waals surface area contributed by atoms with Crippen molar-refractivity contribution in [2.24, 2.45) is 0 Å². The van der Waals surface area contributed by atoms with Crippen LogP contribution >= 0.6 is 11.3 Å². The lowest BCUT2D eigenvalue weighted by atomic mass is 10.1. The average molecular weight is 317 g/mol. The van der Waals surface area contributed by atoms with Gasteiger partial charge in [-0.25, -0.2) is 0 Å². The van der Waals surface area contributed by atoms with Crippen molar-refractivity contribution >= 4 is 22.4 Å². The van der Waals surface area contributed by atoms with Crippen LogP contribution in [0.3, 0.4) is 0 Å². The normalized spacial score (nSPS) is 17.5. The predicted molar refractivity (Wildman–Crippen MR) is 85.8 cm³/mol. The third-order valence-corrected chi connectivity index (χ3v) is 4.53. The minimum absolute atomic E-state index is 0.00836. The maximum atomic E-state index is 11.9. The van der Waals surface area contributed by atoms with Crippen LogP contribution in [0.4, 0.5) is 5.13 Å². The van der Waals surface area contributed by atoms with Gasteiger partial charge in [0.05, 0.1) is 0 Å². The summed E-state index contributed by atoms with van der Waals surface area (Å²) in [5, 5.41) is 12.4. The molecule has 5 nitrogen and oxygen atoms in total. The van der Waals surface area contributed by atoms with Crippen LogP contribution in [0.25, 0.3) is 0 Å². The number of aryl methyl sites for hydroxylation is 1. The summed E-state index contributed by atoms with van der Waals surface area (Å²) in [7, 11) is 0. The van der Waals surface area contributed by atoms with Gasteiger partial charge in [-0.2, -0.15) is 0 Å². The van der Waals surface area contributed by atoms with Gasteiger partial charge in [0.1, 0.15) is 11.1 Å². The van der Waals surface area contributed by atoms with Gasteiger partial charge in [-0.05, 0) is 31.2 Å². The molecule has 0 bridgehead atoms. The Morgan fingerprint density at radius 3 is 2.95 bits per heavy atom. The molecule has 1 aliphatic heterocycles. The van der Waals surface area contributed by atoms with Crippen LogP contribution in [-0.2, 0) is 16.0 Å². The van der Waals surface area contributed by atoms with E-state index in [1.54, 1.807) is 0 Å².